The zero-order chi connectivity index (χ0) is 16.3. The van der Waals surface area contributed by atoms with E-state index in [0.29, 0.717) is 12.4 Å². The van der Waals surface area contributed by atoms with Gasteiger partial charge >= 0.3 is 0 Å². The van der Waals surface area contributed by atoms with Crippen molar-refractivity contribution in [3.63, 3.8) is 0 Å². The predicted octanol–water partition coefficient (Wildman–Crippen LogP) is 6.56. The molecule has 0 N–H and O–H groups in total. The summed E-state index contributed by atoms with van der Waals surface area (Å²) in [5.74, 6) is 0.714. The molecule has 0 aromatic carbocycles. The summed E-state index contributed by atoms with van der Waals surface area (Å²) in [6, 6.07) is 0. The lowest BCUT2D eigenvalue weighted by Crippen LogP contribution is -2.01. The first-order valence-corrected chi connectivity index (χ1v) is 11.1. The van der Waals surface area contributed by atoms with Crippen LogP contribution < -0.4 is 0 Å². The average molecular weight is 333 g/mol. The number of unbranched alkanes of at least 4 members (excludes halogenated alkanes) is 14. The fourth-order valence-corrected chi connectivity index (χ4v) is 3.60. The summed E-state index contributed by atoms with van der Waals surface area (Å²) < 4.78 is 16.3. The lowest BCUT2D eigenvalue weighted by Gasteiger charge is -2.03. The van der Waals surface area contributed by atoms with E-state index >= 15 is 0 Å². The molecule has 0 radical (unpaired) electrons. The maximum Gasteiger partial charge on any atom is 0.155 e. The molecule has 0 aliphatic rings. The molecular formula is C19H40O2S. The van der Waals surface area contributed by atoms with Crippen LogP contribution in [0.1, 0.15) is 110 Å². The molecule has 0 aliphatic carbocycles. The zero-order valence-corrected chi connectivity index (χ0v) is 16.1. The molecule has 0 spiro atoms. The molecule has 3 heteroatoms. The fourth-order valence-electron chi connectivity index (χ4n) is 2.78. The van der Waals surface area contributed by atoms with Crippen molar-refractivity contribution in [3.05, 3.63) is 0 Å². The SMILES string of the molecule is CCCCCCCCCCCCCCCCCS(=O)OCC. The highest BCUT2D eigenvalue weighted by Crippen LogP contribution is 2.13. The highest BCUT2D eigenvalue weighted by molar-refractivity contribution is 7.80. The standard InChI is InChI=1S/C19H40O2S/c1-3-5-6-7-8-9-10-11-12-13-14-15-16-17-18-19-22(20)21-4-2/h3-19H2,1-2H3. The van der Waals surface area contributed by atoms with Crippen molar-refractivity contribution < 1.29 is 8.39 Å². The Labute approximate surface area is 142 Å². The molecule has 1 unspecified atom stereocenters. The second-order valence-corrected chi connectivity index (χ2v) is 7.62. The van der Waals surface area contributed by atoms with E-state index in [1.807, 2.05) is 6.92 Å². The molecule has 0 aliphatic heterocycles. The van der Waals surface area contributed by atoms with E-state index in [2.05, 4.69) is 6.92 Å². The van der Waals surface area contributed by atoms with E-state index in [1.165, 1.54) is 89.9 Å². The molecule has 2 nitrogen and oxygen atoms in total. The summed E-state index contributed by atoms with van der Waals surface area (Å²) in [7, 11) is 0. The van der Waals surface area contributed by atoms with Gasteiger partial charge in [0.2, 0.25) is 0 Å². The molecule has 134 valence electrons. The molecule has 0 aromatic heterocycles. The van der Waals surface area contributed by atoms with Crippen LogP contribution in [0.15, 0.2) is 0 Å². The first kappa shape index (κ1) is 22.1. The largest absolute Gasteiger partial charge is 0.291 e. The minimum Gasteiger partial charge on any atom is -0.291 e. The van der Waals surface area contributed by atoms with E-state index in [-0.39, 0.29) is 0 Å². The minimum absolute atomic E-state index is 0.561. The van der Waals surface area contributed by atoms with Gasteiger partial charge in [0.1, 0.15) is 0 Å². The molecular weight excluding hydrogens is 292 g/mol. The van der Waals surface area contributed by atoms with Gasteiger partial charge in [-0.15, -0.1) is 0 Å². The van der Waals surface area contributed by atoms with Crippen LogP contribution in [0.4, 0.5) is 0 Å². The van der Waals surface area contributed by atoms with Crippen LogP contribution >= 0.6 is 0 Å². The molecule has 0 amide bonds. The minimum atomic E-state index is -1.04. The van der Waals surface area contributed by atoms with Gasteiger partial charge in [-0.25, -0.2) is 4.21 Å². The van der Waals surface area contributed by atoms with Gasteiger partial charge in [0.25, 0.3) is 0 Å². The van der Waals surface area contributed by atoms with Crippen LogP contribution in [0.2, 0.25) is 0 Å². The van der Waals surface area contributed by atoms with E-state index in [0.717, 1.165) is 6.42 Å². The summed E-state index contributed by atoms with van der Waals surface area (Å²) in [5.41, 5.74) is 0. The predicted molar refractivity (Wildman–Crippen MR) is 99.6 cm³/mol. The number of rotatable bonds is 18. The van der Waals surface area contributed by atoms with E-state index in [1.54, 1.807) is 0 Å². The van der Waals surface area contributed by atoms with Crippen molar-refractivity contribution >= 4 is 11.1 Å². The third kappa shape index (κ3) is 18.2. The molecule has 0 aromatic rings. The fraction of sp³-hybridized carbons (Fsp3) is 1.00. The van der Waals surface area contributed by atoms with E-state index < -0.39 is 11.1 Å². The van der Waals surface area contributed by atoms with Gasteiger partial charge in [0.05, 0.1) is 6.61 Å². The van der Waals surface area contributed by atoms with Crippen molar-refractivity contribution in [1.82, 2.24) is 0 Å². The normalized spacial score (nSPS) is 12.6. The first-order chi connectivity index (χ1) is 10.8. The zero-order valence-electron chi connectivity index (χ0n) is 15.2. The first-order valence-electron chi connectivity index (χ1n) is 9.82. The van der Waals surface area contributed by atoms with Gasteiger partial charge in [-0.1, -0.05) is 96.8 Å². The van der Waals surface area contributed by atoms with Gasteiger partial charge in [0, 0.05) is 5.75 Å². The van der Waals surface area contributed by atoms with Crippen LogP contribution in [0.25, 0.3) is 0 Å². The van der Waals surface area contributed by atoms with Crippen LogP contribution in [0, 0.1) is 0 Å². The maximum atomic E-state index is 11.3. The molecule has 0 saturated heterocycles. The maximum absolute atomic E-state index is 11.3. The van der Waals surface area contributed by atoms with Gasteiger partial charge in [-0.3, -0.25) is 4.18 Å². The Balaban J connectivity index is 3.01. The summed E-state index contributed by atoms with van der Waals surface area (Å²) >= 11 is -1.04. The van der Waals surface area contributed by atoms with Gasteiger partial charge in [-0.2, -0.15) is 0 Å². The van der Waals surface area contributed by atoms with Crippen LogP contribution in [-0.4, -0.2) is 16.6 Å². The Bertz CT molecular complexity index is 231. The molecule has 1 atom stereocenters. The Morgan fingerprint density at radius 2 is 0.955 bits per heavy atom. The van der Waals surface area contributed by atoms with Crippen LogP contribution in [-0.2, 0) is 15.3 Å². The van der Waals surface area contributed by atoms with Crippen molar-refractivity contribution in [1.29, 1.82) is 0 Å². The quantitative estimate of drug-likeness (QED) is 0.266. The second-order valence-electron chi connectivity index (χ2n) is 6.36. The molecule has 22 heavy (non-hydrogen) atoms. The topological polar surface area (TPSA) is 26.3 Å². The average Bonchev–Trinajstić information content (AvgIpc) is 2.51. The van der Waals surface area contributed by atoms with Crippen LogP contribution in [0.5, 0.6) is 0 Å². The summed E-state index contributed by atoms with van der Waals surface area (Å²) in [6.45, 7) is 4.73. The Kier molecular flexibility index (Phi) is 19.3. The second kappa shape index (κ2) is 19.2. The molecule has 0 fully saturated rings. The number of hydrogen-bond acceptors (Lipinski definition) is 2. The summed E-state index contributed by atoms with van der Waals surface area (Å²) in [5, 5.41) is 0. The van der Waals surface area contributed by atoms with Crippen molar-refractivity contribution in [2.45, 2.75) is 110 Å². The molecule has 0 rings (SSSR count). The van der Waals surface area contributed by atoms with Crippen molar-refractivity contribution in [2.24, 2.45) is 0 Å². The summed E-state index contributed by atoms with van der Waals surface area (Å²) in [4.78, 5) is 0. The lowest BCUT2D eigenvalue weighted by molar-refractivity contribution is 0.370. The Morgan fingerprint density at radius 1 is 0.591 bits per heavy atom. The third-order valence-corrected chi connectivity index (χ3v) is 5.28. The molecule has 0 bridgehead atoms. The van der Waals surface area contributed by atoms with E-state index in [9.17, 15) is 4.21 Å². The smallest absolute Gasteiger partial charge is 0.155 e. The van der Waals surface area contributed by atoms with Crippen LogP contribution in [0.3, 0.4) is 0 Å². The van der Waals surface area contributed by atoms with Gasteiger partial charge in [0.15, 0.2) is 11.1 Å². The molecule has 0 saturated carbocycles. The Morgan fingerprint density at radius 3 is 1.32 bits per heavy atom. The molecule has 0 heterocycles. The van der Waals surface area contributed by atoms with Crippen molar-refractivity contribution in [3.8, 4) is 0 Å². The van der Waals surface area contributed by atoms with Gasteiger partial charge in [-0.05, 0) is 13.3 Å². The monoisotopic (exact) mass is 332 g/mol. The third-order valence-electron chi connectivity index (χ3n) is 4.16. The highest BCUT2D eigenvalue weighted by atomic mass is 32.2. The van der Waals surface area contributed by atoms with Crippen molar-refractivity contribution in [2.75, 3.05) is 12.4 Å². The highest BCUT2D eigenvalue weighted by Gasteiger charge is 1.98. The van der Waals surface area contributed by atoms with E-state index in [4.69, 9.17) is 4.18 Å². The lowest BCUT2D eigenvalue weighted by atomic mass is 10.0. The van der Waals surface area contributed by atoms with Gasteiger partial charge < -0.3 is 0 Å². The number of hydrogen-bond donors (Lipinski definition) is 0. The Hall–Kier alpha value is 0.110. The summed E-state index contributed by atoms with van der Waals surface area (Å²) in [6.07, 6.45) is 20.5.